The van der Waals surface area contributed by atoms with E-state index in [9.17, 15) is 9.59 Å². The van der Waals surface area contributed by atoms with Crippen LogP contribution >= 0.6 is 0 Å². The maximum atomic E-state index is 11.8. The Morgan fingerprint density at radius 1 is 1.56 bits per heavy atom. The molecule has 0 saturated heterocycles. The number of hydrazine groups is 1. The number of amides is 3. The number of carbonyl (C=O) groups is 2. The van der Waals surface area contributed by atoms with Crippen molar-refractivity contribution >= 4 is 17.6 Å². The zero-order chi connectivity index (χ0) is 12.1. The van der Waals surface area contributed by atoms with Crippen LogP contribution in [0.5, 0.6) is 0 Å². The first-order chi connectivity index (χ1) is 7.60. The Bertz CT molecular complexity index is 314. The Labute approximate surface area is 95.2 Å². The number of rotatable bonds is 4. The summed E-state index contributed by atoms with van der Waals surface area (Å²) >= 11 is 0. The molecular weight excluding hydrogens is 208 g/mol. The number of hydrogen-bond donors (Lipinski definition) is 1. The van der Waals surface area contributed by atoms with Gasteiger partial charge in [0.15, 0.2) is 0 Å². The van der Waals surface area contributed by atoms with Crippen molar-refractivity contribution in [3.8, 4) is 0 Å². The van der Waals surface area contributed by atoms with Crippen molar-refractivity contribution < 1.29 is 9.59 Å². The standard InChI is InChI=1S/C10H18N4O2/c1-4-6-9(15)13(5-2)14-7-8(3)11-12-10(14)16/h4-7H2,1-3H3,(H,12,16). The molecule has 1 aliphatic rings. The average molecular weight is 226 g/mol. The van der Waals surface area contributed by atoms with Crippen LogP contribution in [0.25, 0.3) is 0 Å². The normalized spacial score (nSPS) is 15.6. The number of hydrogen-bond acceptors (Lipinski definition) is 3. The van der Waals surface area contributed by atoms with Gasteiger partial charge in [0.25, 0.3) is 0 Å². The molecule has 6 heteroatoms. The molecule has 0 unspecified atom stereocenters. The minimum Gasteiger partial charge on any atom is -0.273 e. The van der Waals surface area contributed by atoms with E-state index in [1.165, 1.54) is 10.0 Å². The van der Waals surface area contributed by atoms with E-state index in [0.29, 0.717) is 19.5 Å². The Kier molecular flexibility index (Phi) is 4.28. The van der Waals surface area contributed by atoms with Gasteiger partial charge in [0.05, 0.1) is 12.3 Å². The molecular formula is C10H18N4O2. The minimum absolute atomic E-state index is 0.0325. The van der Waals surface area contributed by atoms with Gasteiger partial charge in [0.1, 0.15) is 0 Å². The van der Waals surface area contributed by atoms with Gasteiger partial charge >= 0.3 is 6.03 Å². The van der Waals surface area contributed by atoms with Crippen molar-refractivity contribution in [2.75, 3.05) is 13.1 Å². The monoisotopic (exact) mass is 226 g/mol. The molecule has 0 spiro atoms. The summed E-state index contributed by atoms with van der Waals surface area (Å²) in [6.07, 6.45) is 1.23. The first-order valence-corrected chi connectivity index (χ1v) is 5.51. The average Bonchev–Trinajstić information content (AvgIpc) is 2.24. The van der Waals surface area contributed by atoms with Crippen LogP contribution in [-0.4, -0.2) is 40.8 Å². The lowest BCUT2D eigenvalue weighted by atomic mass is 10.3. The molecule has 0 fully saturated rings. The lowest BCUT2D eigenvalue weighted by Crippen LogP contribution is -2.56. The van der Waals surface area contributed by atoms with E-state index in [1.807, 2.05) is 20.8 Å². The Hall–Kier alpha value is -1.59. The smallest absolute Gasteiger partial charge is 0.273 e. The summed E-state index contributed by atoms with van der Waals surface area (Å²) in [7, 11) is 0. The molecule has 3 amide bonds. The van der Waals surface area contributed by atoms with Crippen LogP contribution in [-0.2, 0) is 4.79 Å². The quantitative estimate of drug-likeness (QED) is 0.775. The summed E-state index contributed by atoms with van der Waals surface area (Å²) in [6, 6.07) is -0.350. The van der Waals surface area contributed by atoms with E-state index in [-0.39, 0.29) is 11.9 Å². The first-order valence-electron chi connectivity index (χ1n) is 5.51. The molecule has 1 rings (SSSR count). The molecule has 1 N–H and O–H groups in total. The van der Waals surface area contributed by atoms with E-state index in [0.717, 1.165) is 12.1 Å². The molecule has 1 heterocycles. The molecule has 0 aromatic rings. The van der Waals surface area contributed by atoms with Crippen molar-refractivity contribution in [2.24, 2.45) is 5.10 Å². The molecule has 90 valence electrons. The molecule has 0 saturated carbocycles. The second-order valence-corrected chi connectivity index (χ2v) is 3.68. The fourth-order valence-electron chi connectivity index (χ4n) is 1.54. The third-order valence-corrected chi connectivity index (χ3v) is 2.30. The Morgan fingerprint density at radius 3 is 2.81 bits per heavy atom. The summed E-state index contributed by atoms with van der Waals surface area (Å²) in [5, 5.41) is 6.69. The minimum atomic E-state index is -0.350. The number of urea groups is 1. The third-order valence-electron chi connectivity index (χ3n) is 2.30. The zero-order valence-corrected chi connectivity index (χ0v) is 9.99. The lowest BCUT2D eigenvalue weighted by Gasteiger charge is -2.35. The maximum absolute atomic E-state index is 11.8. The predicted molar refractivity (Wildman–Crippen MR) is 60.6 cm³/mol. The van der Waals surface area contributed by atoms with Gasteiger partial charge in [-0.05, 0) is 20.3 Å². The van der Waals surface area contributed by atoms with Gasteiger partial charge in [0.2, 0.25) is 5.91 Å². The van der Waals surface area contributed by atoms with Crippen LogP contribution in [0.15, 0.2) is 5.10 Å². The SMILES string of the molecule is CCCC(=O)N(CC)N1CC(C)=NNC1=O. The first kappa shape index (κ1) is 12.5. The van der Waals surface area contributed by atoms with E-state index < -0.39 is 0 Å². The van der Waals surface area contributed by atoms with Gasteiger partial charge in [-0.25, -0.2) is 20.2 Å². The van der Waals surface area contributed by atoms with Gasteiger partial charge in [-0.2, -0.15) is 5.10 Å². The second-order valence-electron chi connectivity index (χ2n) is 3.68. The number of nitrogens with one attached hydrogen (secondary N) is 1. The summed E-state index contributed by atoms with van der Waals surface area (Å²) in [6.45, 7) is 6.45. The van der Waals surface area contributed by atoms with Gasteiger partial charge < -0.3 is 0 Å². The van der Waals surface area contributed by atoms with E-state index in [1.54, 1.807) is 0 Å². The van der Waals surface area contributed by atoms with Crippen molar-refractivity contribution in [1.82, 2.24) is 15.4 Å². The maximum Gasteiger partial charge on any atom is 0.357 e. The molecule has 16 heavy (non-hydrogen) atoms. The highest BCUT2D eigenvalue weighted by Crippen LogP contribution is 2.06. The van der Waals surface area contributed by atoms with Gasteiger partial charge in [0, 0.05) is 13.0 Å². The molecule has 0 aromatic heterocycles. The van der Waals surface area contributed by atoms with Gasteiger partial charge in [-0.1, -0.05) is 6.92 Å². The molecule has 0 bridgehead atoms. The van der Waals surface area contributed by atoms with Crippen LogP contribution in [0, 0.1) is 0 Å². The highest BCUT2D eigenvalue weighted by Gasteiger charge is 2.27. The van der Waals surface area contributed by atoms with Gasteiger partial charge in [-0.3, -0.25) is 4.79 Å². The summed E-state index contributed by atoms with van der Waals surface area (Å²) in [5.41, 5.74) is 3.15. The van der Waals surface area contributed by atoms with Crippen LogP contribution in [0.4, 0.5) is 4.79 Å². The Balaban J connectivity index is 2.76. The van der Waals surface area contributed by atoms with Crippen molar-refractivity contribution in [3.63, 3.8) is 0 Å². The second kappa shape index (κ2) is 5.48. The topological polar surface area (TPSA) is 65.0 Å². The summed E-state index contributed by atoms with van der Waals surface area (Å²) < 4.78 is 0. The molecule has 0 aromatic carbocycles. The van der Waals surface area contributed by atoms with Crippen LogP contribution in [0.3, 0.4) is 0 Å². The van der Waals surface area contributed by atoms with E-state index in [2.05, 4.69) is 10.5 Å². The highest BCUT2D eigenvalue weighted by molar-refractivity contribution is 5.92. The third kappa shape index (κ3) is 2.71. The van der Waals surface area contributed by atoms with Crippen molar-refractivity contribution in [1.29, 1.82) is 0 Å². The van der Waals surface area contributed by atoms with Crippen LogP contribution < -0.4 is 5.43 Å². The molecule has 1 aliphatic heterocycles. The molecule has 0 aliphatic carbocycles. The number of hydrazone groups is 1. The van der Waals surface area contributed by atoms with Crippen molar-refractivity contribution in [3.05, 3.63) is 0 Å². The van der Waals surface area contributed by atoms with Crippen LogP contribution in [0.2, 0.25) is 0 Å². The number of nitrogens with zero attached hydrogens (tertiary/aromatic N) is 3. The van der Waals surface area contributed by atoms with Crippen LogP contribution in [0.1, 0.15) is 33.6 Å². The predicted octanol–water partition coefficient (Wildman–Crippen LogP) is 0.951. The highest BCUT2D eigenvalue weighted by atomic mass is 16.2. The fraction of sp³-hybridized carbons (Fsp3) is 0.700. The van der Waals surface area contributed by atoms with E-state index in [4.69, 9.17) is 0 Å². The largest absolute Gasteiger partial charge is 0.357 e. The number of carbonyl (C=O) groups excluding carboxylic acids is 2. The lowest BCUT2D eigenvalue weighted by molar-refractivity contribution is -0.143. The van der Waals surface area contributed by atoms with Crippen molar-refractivity contribution in [2.45, 2.75) is 33.6 Å². The molecule has 0 radical (unpaired) electrons. The summed E-state index contributed by atoms with van der Waals surface area (Å²) in [5.74, 6) is -0.0325. The summed E-state index contributed by atoms with van der Waals surface area (Å²) in [4.78, 5) is 23.4. The van der Waals surface area contributed by atoms with Gasteiger partial charge in [-0.15, -0.1) is 0 Å². The van der Waals surface area contributed by atoms with E-state index >= 15 is 0 Å². The molecule has 6 nitrogen and oxygen atoms in total. The zero-order valence-electron chi connectivity index (χ0n) is 9.99. The fourth-order valence-corrected chi connectivity index (χ4v) is 1.54. The Morgan fingerprint density at radius 2 is 2.25 bits per heavy atom. The molecule has 0 atom stereocenters.